The maximum Gasteiger partial charge on any atom is 0.206 e. The monoisotopic (exact) mass is 236 g/mol. The van der Waals surface area contributed by atoms with Crippen LogP contribution in [0.4, 0.5) is 0 Å². The zero-order chi connectivity index (χ0) is 11.6. The summed E-state index contributed by atoms with van der Waals surface area (Å²) in [4.78, 5) is 0.414. The molecule has 0 heterocycles. The summed E-state index contributed by atoms with van der Waals surface area (Å²) in [5.41, 5.74) is 0. The van der Waals surface area contributed by atoms with Crippen LogP contribution in [0, 0.1) is 0 Å². The van der Waals surface area contributed by atoms with Gasteiger partial charge in [-0.1, -0.05) is 24.3 Å². The molecule has 0 radical (unpaired) electrons. The number of sulfone groups is 1. The number of benzene rings is 1. The summed E-state index contributed by atoms with van der Waals surface area (Å²) < 4.78 is 24.2. The molecular formula is C12H12O3S. The highest BCUT2D eigenvalue weighted by Gasteiger charge is 2.20. The van der Waals surface area contributed by atoms with Gasteiger partial charge in [0, 0.05) is 0 Å². The van der Waals surface area contributed by atoms with E-state index in [1.54, 1.807) is 36.4 Å². The zero-order valence-electron chi connectivity index (χ0n) is 8.58. The third kappa shape index (κ3) is 2.08. The molecule has 1 aromatic rings. The second-order valence-electron chi connectivity index (χ2n) is 3.59. The van der Waals surface area contributed by atoms with Crippen molar-refractivity contribution in [1.82, 2.24) is 0 Å². The number of rotatable bonds is 2. The largest absolute Gasteiger partial charge is 0.389 e. The Morgan fingerprint density at radius 1 is 1.19 bits per heavy atom. The predicted octanol–water partition coefficient (Wildman–Crippen LogP) is 1.67. The van der Waals surface area contributed by atoms with Crippen molar-refractivity contribution in [2.24, 2.45) is 0 Å². The first-order chi connectivity index (χ1) is 7.60. The van der Waals surface area contributed by atoms with Crippen molar-refractivity contribution in [3.63, 3.8) is 0 Å². The van der Waals surface area contributed by atoms with E-state index in [0.717, 1.165) is 0 Å². The minimum absolute atomic E-state index is 0.164. The first-order valence-electron chi connectivity index (χ1n) is 4.97. The molecule has 2 rings (SSSR count). The first-order valence-corrected chi connectivity index (χ1v) is 6.45. The summed E-state index contributed by atoms with van der Waals surface area (Å²) in [6.07, 6.45) is 4.34. The van der Waals surface area contributed by atoms with Gasteiger partial charge in [0.1, 0.15) is 0 Å². The van der Waals surface area contributed by atoms with Gasteiger partial charge < -0.3 is 5.11 Å². The van der Waals surface area contributed by atoms with E-state index in [1.807, 2.05) is 0 Å². The number of allylic oxidation sites excluding steroid dienone is 1. The molecule has 3 nitrogen and oxygen atoms in total. The van der Waals surface area contributed by atoms with E-state index in [-0.39, 0.29) is 9.80 Å². The molecule has 0 aliphatic heterocycles. The SMILES string of the molecule is O=S(=O)(C1=CC(O)CC=C1)c1ccccc1. The lowest BCUT2D eigenvalue weighted by Crippen LogP contribution is -2.11. The smallest absolute Gasteiger partial charge is 0.206 e. The molecule has 0 fully saturated rings. The van der Waals surface area contributed by atoms with Gasteiger partial charge in [0.15, 0.2) is 0 Å². The zero-order valence-corrected chi connectivity index (χ0v) is 9.39. The Bertz CT molecular complexity index is 527. The van der Waals surface area contributed by atoms with Gasteiger partial charge >= 0.3 is 0 Å². The van der Waals surface area contributed by atoms with Crippen LogP contribution < -0.4 is 0 Å². The molecular weight excluding hydrogens is 224 g/mol. The van der Waals surface area contributed by atoms with Gasteiger partial charge in [-0.15, -0.1) is 0 Å². The molecule has 0 spiro atoms. The maximum absolute atomic E-state index is 12.1. The number of hydrogen-bond acceptors (Lipinski definition) is 3. The van der Waals surface area contributed by atoms with E-state index in [0.29, 0.717) is 6.42 Å². The molecule has 1 N–H and O–H groups in total. The van der Waals surface area contributed by atoms with E-state index in [9.17, 15) is 13.5 Å². The van der Waals surface area contributed by atoms with Crippen LogP contribution >= 0.6 is 0 Å². The summed E-state index contributed by atoms with van der Waals surface area (Å²) in [5, 5.41) is 9.40. The summed E-state index contributed by atoms with van der Waals surface area (Å²) in [6.45, 7) is 0. The lowest BCUT2D eigenvalue weighted by atomic mass is 10.1. The molecule has 4 heteroatoms. The van der Waals surface area contributed by atoms with E-state index >= 15 is 0 Å². The second kappa shape index (κ2) is 4.23. The van der Waals surface area contributed by atoms with E-state index in [4.69, 9.17) is 0 Å². The average molecular weight is 236 g/mol. The lowest BCUT2D eigenvalue weighted by Gasteiger charge is -2.12. The highest BCUT2D eigenvalue weighted by Crippen LogP contribution is 2.23. The van der Waals surface area contributed by atoms with Gasteiger partial charge in [-0.05, 0) is 30.7 Å². The van der Waals surface area contributed by atoms with Crippen molar-refractivity contribution in [2.75, 3.05) is 0 Å². The Kier molecular flexibility index (Phi) is 2.94. The average Bonchev–Trinajstić information content (AvgIpc) is 2.30. The molecule has 1 unspecified atom stereocenters. The Labute approximate surface area is 94.7 Å². The van der Waals surface area contributed by atoms with Gasteiger partial charge in [0.05, 0.1) is 15.9 Å². The standard InChI is InChI=1S/C12H12O3S/c13-10-5-4-8-12(9-10)16(14,15)11-6-2-1-3-7-11/h1-4,6-10,13H,5H2. The summed E-state index contributed by atoms with van der Waals surface area (Å²) >= 11 is 0. The fraction of sp³-hybridized carbons (Fsp3) is 0.167. The molecule has 0 saturated carbocycles. The molecule has 16 heavy (non-hydrogen) atoms. The molecule has 84 valence electrons. The highest BCUT2D eigenvalue weighted by molar-refractivity contribution is 7.95. The molecule has 1 atom stereocenters. The van der Waals surface area contributed by atoms with Crippen LogP contribution in [0.5, 0.6) is 0 Å². The fourth-order valence-corrected chi connectivity index (χ4v) is 2.95. The topological polar surface area (TPSA) is 54.4 Å². The van der Waals surface area contributed by atoms with Gasteiger partial charge in [-0.25, -0.2) is 8.42 Å². The third-order valence-electron chi connectivity index (χ3n) is 2.38. The Hall–Kier alpha value is -1.39. The normalized spacial score (nSPS) is 20.6. The van der Waals surface area contributed by atoms with Crippen LogP contribution in [-0.4, -0.2) is 19.6 Å². The summed E-state index contributed by atoms with van der Waals surface area (Å²) in [7, 11) is -3.48. The van der Waals surface area contributed by atoms with Crippen LogP contribution in [0.1, 0.15) is 6.42 Å². The Morgan fingerprint density at radius 2 is 1.88 bits per heavy atom. The molecule has 1 aliphatic rings. The van der Waals surface area contributed by atoms with Crippen molar-refractivity contribution in [3.8, 4) is 0 Å². The van der Waals surface area contributed by atoms with E-state index in [2.05, 4.69) is 0 Å². The molecule has 0 bridgehead atoms. The van der Waals surface area contributed by atoms with Crippen LogP contribution in [0.3, 0.4) is 0 Å². The van der Waals surface area contributed by atoms with Crippen molar-refractivity contribution >= 4 is 9.84 Å². The highest BCUT2D eigenvalue weighted by atomic mass is 32.2. The van der Waals surface area contributed by atoms with Crippen LogP contribution in [0.25, 0.3) is 0 Å². The van der Waals surface area contributed by atoms with Gasteiger partial charge in [0.25, 0.3) is 0 Å². The lowest BCUT2D eigenvalue weighted by molar-refractivity contribution is 0.225. The molecule has 1 aliphatic carbocycles. The van der Waals surface area contributed by atoms with Gasteiger partial charge in [-0.3, -0.25) is 0 Å². The van der Waals surface area contributed by atoms with Crippen LogP contribution in [0.2, 0.25) is 0 Å². The van der Waals surface area contributed by atoms with Crippen LogP contribution in [0.15, 0.2) is 58.4 Å². The third-order valence-corrected chi connectivity index (χ3v) is 4.17. The summed E-state index contributed by atoms with van der Waals surface area (Å²) in [5.74, 6) is 0. The number of aliphatic hydroxyl groups is 1. The van der Waals surface area contributed by atoms with Crippen molar-refractivity contribution in [1.29, 1.82) is 0 Å². The molecule has 0 aromatic heterocycles. The van der Waals surface area contributed by atoms with E-state index < -0.39 is 15.9 Å². The van der Waals surface area contributed by atoms with E-state index in [1.165, 1.54) is 12.2 Å². The Morgan fingerprint density at radius 3 is 2.50 bits per heavy atom. The fourth-order valence-electron chi connectivity index (χ4n) is 1.55. The maximum atomic E-state index is 12.1. The van der Waals surface area contributed by atoms with Crippen molar-refractivity contribution < 1.29 is 13.5 Å². The second-order valence-corrected chi connectivity index (χ2v) is 5.54. The van der Waals surface area contributed by atoms with Gasteiger partial charge in [-0.2, -0.15) is 0 Å². The quantitative estimate of drug-likeness (QED) is 0.849. The number of aliphatic hydroxyl groups excluding tert-OH is 1. The Balaban J connectivity index is 2.45. The number of hydrogen-bond donors (Lipinski definition) is 1. The summed E-state index contributed by atoms with van der Waals surface area (Å²) in [6, 6.07) is 8.21. The predicted molar refractivity (Wildman–Crippen MR) is 61.5 cm³/mol. The molecule has 0 amide bonds. The molecule has 1 aromatic carbocycles. The van der Waals surface area contributed by atoms with Crippen LogP contribution in [-0.2, 0) is 9.84 Å². The minimum atomic E-state index is -3.48. The molecule has 0 saturated heterocycles. The minimum Gasteiger partial charge on any atom is -0.389 e. The van der Waals surface area contributed by atoms with Gasteiger partial charge in [0.2, 0.25) is 9.84 Å². The van der Waals surface area contributed by atoms with Crippen molar-refractivity contribution in [2.45, 2.75) is 17.4 Å². The van der Waals surface area contributed by atoms with Crippen molar-refractivity contribution in [3.05, 3.63) is 53.5 Å². The first kappa shape index (κ1) is 11.1.